The van der Waals surface area contributed by atoms with Crippen molar-refractivity contribution in [1.82, 2.24) is 4.90 Å². The lowest BCUT2D eigenvalue weighted by molar-refractivity contribution is 0.182. The first kappa shape index (κ1) is 15.6. The van der Waals surface area contributed by atoms with Crippen LogP contribution in [0.5, 0.6) is 0 Å². The molecule has 2 aromatic rings. The van der Waals surface area contributed by atoms with Gasteiger partial charge in [-0.05, 0) is 23.3 Å². The Morgan fingerprint density at radius 2 is 1.71 bits per heavy atom. The lowest BCUT2D eigenvalue weighted by Gasteiger charge is -2.25. The molecule has 2 rings (SSSR count). The van der Waals surface area contributed by atoms with Gasteiger partial charge in [-0.1, -0.05) is 42.5 Å². The van der Waals surface area contributed by atoms with Crippen molar-refractivity contribution in [2.24, 2.45) is 5.73 Å². The molecule has 0 saturated heterocycles. The van der Waals surface area contributed by atoms with Crippen LogP contribution >= 0.6 is 0 Å². The molecule has 0 fully saturated rings. The number of aliphatic hydroxyl groups is 1. The van der Waals surface area contributed by atoms with E-state index >= 15 is 0 Å². The van der Waals surface area contributed by atoms with Crippen molar-refractivity contribution >= 4 is 0 Å². The van der Waals surface area contributed by atoms with Crippen molar-refractivity contribution in [2.75, 3.05) is 19.7 Å². The number of hydrogen-bond donors (Lipinski definition) is 2. The van der Waals surface area contributed by atoms with Crippen LogP contribution in [0.1, 0.15) is 17.2 Å². The van der Waals surface area contributed by atoms with E-state index in [0.717, 1.165) is 12.1 Å². The van der Waals surface area contributed by atoms with Crippen molar-refractivity contribution in [2.45, 2.75) is 12.6 Å². The molecule has 0 aliphatic rings. The van der Waals surface area contributed by atoms with Gasteiger partial charge in [0.1, 0.15) is 5.82 Å². The van der Waals surface area contributed by atoms with Crippen molar-refractivity contribution in [3.05, 3.63) is 71.5 Å². The van der Waals surface area contributed by atoms with Gasteiger partial charge < -0.3 is 10.8 Å². The monoisotopic (exact) mass is 288 g/mol. The van der Waals surface area contributed by atoms with E-state index < -0.39 is 0 Å². The normalized spacial score (nSPS) is 12.6. The van der Waals surface area contributed by atoms with Crippen molar-refractivity contribution in [3.8, 4) is 0 Å². The molecule has 1 unspecified atom stereocenters. The molecule has 112 valence electrons. The van der Waals surface area contributed by atoms with E-state index in [9.17, 15) is 9.50 Å². The molecule has 0 bridgehead atoms. The Balaban J connectivity index is 2.00. The molecule has 0 saturated carbocycles. The van der Waals surface area contributed by atoms with Crippen LogP contribution in [0.25, 0.3) is 0 Å². The zero-order valence-corrected chi connectivity index (χ0v) is 12.0. The van der Waals surface area contributed by atoms with Gasteiger partial charge in [-0.2, -0.15) is 0 Å². The second kappa shape index (κ2) is 7.88. The third-order valence-corrected chi connectivity index (χ3v) is 3.42. The summed E-state index contributed by atoms with van der Waals surface area (Å²) in [6.45, 7) is 1.99. The summed E-state index contributed by atoms with van der Waals surface area (Å²) >= 11 is 0. The number of hydrogen-bond acceptors (Lipinski definition) is 3. The largest absolute Gasteiger partial charge is 0.395 e. The molecular weight excluding hydrogens is 267 g/mol. The Hall–Kier alpha value is -1.75. The molecule has 0 amide bonds. The Morgan fingerprint density at radius 3 is 2.33 bits per heavy atom. The molecule has 4 heteroatoms. The van der Waals surface area contributed by atoms with E-state index in [4.69, 9.17) is 5.73 Å². The van der Waals surface area contributed by atoms with Crippen LogP contribution < -0.4 is 5.73 Å². The fourth-order valence-electron chi connectivity index (χ4n) is 2.31. The summed E-state index contributed by atoms with van der Waals surface area (Å²) in [5, 5.41) is 9.20. The predicted octanol–water partition coefficient (Wildman–Crippen LogP) is 2.32. The zero-order chi connectivity index (χ0) is 15.1. The van der Waals surface area contributed by atoms with Gasteiger partial charge in [0, 0.05) is 25.7 Å². The summed E-state index contributed by atoms with van der Waals surface area (Å²) in [5.41, 5.74) is 8.26. The van der Waals surface area contributed by atoms with Gasteiger partial charge in [0.2, 0.25) is 0 Å². The molecule has 0 heterocycles. The molecule has 2 aromatic carbocycles. The average Bonchev–Trinajstić information content (AvgIpc) is 2.49. The number of rotatable bonds is 7. The Kier molecular flexibility index (Phi) is 5.87. The third-order valence-electron chi connectivity index (χ3n) is 3.42. The Morgan fingerprint density at radius 1 is 1.05 bits per heavy atom. The van der Waals surface area contributed by atoms with Crippen LogP contribution in [0.15, 0.2) is 54.6 Å². The van der Waals surface area contributed by atoms with E-state index in [0.29, 0.717) is 13.1 Å². The second-order valence-corrected chi connectivity index (χ2v) is 5.10. The summed E-state index contributed by atoms with van der Waals surface area (Å²) in [6.07, 6.45) is 0. The lowest BCUT2D eigenvalue weighted by Crippen LogP contribution is -2.34. The molecule has 3 N–H and O–H groups in total. The highest BCUT2D eigenvalue weighted by Crippen LogP contribution is 2.14. The second-order valence-electron chi connectivity index (χ2n) is 5.10. The van der Waals surface area contributed by atoms with Crippen LogP contribution in [0.4, 0.5) is 4.39 Å². The molecule has 1 atom stereocenters. The molecule has 3 nitrogen and oxygen atoms in total. The minimum atomic E-state index is -0.262. The summed E-state index contributed by atoms with van der Waals surface area (Å²) in [7, 11) is 0. The summed E-state index contributed by atoms with van der Waals surface area (Å²) in [6, 6.07) is 16.1. The van der Waals surface area contributed by atoms with Crippen LogP contribution in [-0.2, 0) is 6.54 Å². The lowest BCUT2D eigenvalue weighted by atomic mass is 10.1. The summed E-state index contributed by atoms with van der Waals surface area (Å²) in [5.74, 6) is -0.262. The maximum absolute atomic E-state index is 12.9. The van der Waals surface area contributed by atoms with Crippen molar-refractivity contribution < 1.29 is 9.50 Å². The third kappa shape index (κ3) is 4.93. The highest BCUT2D eigenvalue weighted by atomic mass is 19.1. The molecule has 0 aliphatic heterocycles. The predicted molar refractivity (Wildman–Crippen MR) is 82.1 cm³/mol. The fraction of sp³-hybridized carbons (Fsp3) is 0.294. The Bertz CT molecular complexity index is 530. The van der Waals surface area contributed by atoms with Gasteiger partial charge in [0.05, 0.1) is 6.61 Å². The molecule has 0 aromatic heterocycles. The highest BCUT2D eigenvalue weighted by molar-refractivity contribution is 5.20. The van der Waals surface area contributed by atoms with Gasteiger partial charge >= 0.3 is 0 Å². The van der Waals surface area contributed by atoms with Gasteiger partial charge in [-0.3, -0.25) is 4.90 Å². The van der Waals surface area contributed by atoms with Crippen LogP contribution in [0.2, 0.25) is 0 Å². The smallest absolute Gasteiger partial charge is 0.123 e. The number of nitrogens with two attached hydrogens (primary N) is 1. The highest BCUT2D eigenvalue weighted by Gasteiger charge is 2.12. The van der Waals surface area contributed by atoms with Crippen LogP contribution in [0, 0.1) is 5.82 Å². The molecular formula is C17H21FN2O. The SMILES string of the molecule is NC(CN(CCO)Cc1ccccc1)c1ccc(F)cc1. The van der Waals surface area contributed by atoms with Gasteiger partial charge in [0.25, 0.3) is 0 Å². The fourth-order valence-corrected chi connectivity index (χ4v) is 2.31. The maximum atomic E-state index is 12.9. The first-order valence-electron chi connectivity index (χ1n) is 7.07. The van der Waals surface area contributed by atoms with Gasteiger partial charge in [0.15, 0.2) is 0 Å². The van der Waals surface area contributed by atoms with Crippen molar-refractivity contribution in [1.29, 1.82) is 0 Å². The molecule has 0 radical (unpaired) electrons. The number of halogens is 1. The topological polar surface area (TPSA) is 49.5 Å². The first-order valence-corrected chi connectivity index (χ1v) is 7.07. The van der Waals surface area contributed by atoms with E-state index in [-0.39, 0.29) is 18.5 Å². The van der Waals surface area contributed by atoms with E-state index in [1.807, 2.05) is 30.3 Å². The van der Waals surface area contributed by atoms with Crippen LogP contribution in [0.3, 0.4) is 0 Å². The molecule has 21 heavy (non-hydrogen) atoms. The zero-order valence-electron chi connectivity index (χ0n) is 12.0. The summed E-state index contributed by atoms with van der Waals surface area (Å²) in [4.78, 5) is 2.10. The molecule has 0 aliphatic carbocycles. The van der Waals surface area contributed by atoms with E-state index in [1.54, 1.807) is 12.1 Å². The Labute approximate surface area is 124 Å². The summed E-state index contributed by atoms with van der Waals surface area (Å²) < 4.78 is 12.9. The van der Waals surface area contributed by atoms with Crippen molar-refractivity contribution in [3.63, 3.8) is 0 Å². The number of nitrogens with zero attached hydrogens (tertiary/aromatic N) is 1. The van der Waals surface area contributed by atoms with E-state index in [2.05, 4.69) is 4.90 Å². The minimum Gasteiger partial charge on any atom is -0.395 e. The van der Waals surface area contributed by atoms with Gasteiger partial charge in [-0.15, -0.1) is 0 Å². The quantitative estimate of drug-likeness (QED) is 0.822. The van der Waals surface area contributed by atoms with E-state index in [1.165, 1.54) is 17.7 Å². The standard InChI is InChI=1S/C17H21FN2O/c18-16-8-6-15(7-9-16)17(19)13-20(10-11-21)12-14-4-2-1-3-5-14/h1-9,17,21H,10-13,19H2. The number of aliphatic hydroxyl groups excluding tert-OH is 1. The van der Waals surface area contributed by atoms with Gasteiger partial charge in [-0.25, -0.2) is 4.39 Å². The minimum absolute atomic E-state index is 0.0863. The van der Waals surface area contributed by atoms with Crippen LogP contribution in [-0.4, -0.2) is 29.7 Å². The maximum Gasteiger partial charge on any atom is 0.123 e. The first-order chi connectivity index (χ1) is 10.2. The number of benzene rings is 2. The average molecular weight is 288 g/mol. The molecule has 0 spiro atoms.